The highest BCUT2D eigenvalue weighted by atomic mass is 16.5. The third kappa shape index (κ3) is 2.97. The predicted molar refractivity (Wildman–Crippen MR) is 76.2 cm³/mol. The maximum atomic E-state index is 12.9. The number of amides is 2. The van der Waals surface area contributed by atoms with Gasteiger partial charge in [-0.15, -0.1) is 0 Å². The van der Waals surface area contributed by atoms with E-state index < -0.39 is 0 Å². The SMILES string of the molecule is CCC(C)C1NC(=O)CCN(C2(C)CCOCC2)C1=O. The number of hydrogen-bond donors (Lipinski definition) is 1. The van der Waals surface area contributed by atoms with Gasteiger partial charge < -0.3 is 15.0 Å². The van der Waals surface area contributed by atoms with Crippen LogP contribution in [0, 0.1) is 5.92 Å². The minimum absolute atomic E-state index is 0.0122. The minimum atomic E-state index is -0.380. The molecule has 2 atom stereocenters. The summed E-state index contributed by atoms with van der Waals surface area (Å²) >= 11 is 0. The van der Waals surface area contributed by atoms with Crippen LogP contribution < -0.4 is 5.32 Å². The van der Waals surface area contributed by atoms with Crippen LogP contribution in [0.1, 0.15) is 46.5 Å². The fourth-order valence-electron chi connectivity index (χ4n) is 3.04. The Labute approximate surface area is 121 Å². The highest BCUT2D eigenvalue weighted by Gasteiger charge is 2.42. The lowest BCUT2D eigenvalue weighted by atomic mass is 9.88. The van der Waals surface area contributed by atoms with E-state index in [0.29, 0.717) is 26.2 Å². The summed E-state index contributed by atoms with van der Waals surface area (Å²) in [5.41, 5.74) is -0.173. The number of ether oxygens (including phenoxy) is 1. The van der Waals surface area contributed by atoms with Gasteiger partial charge in [0.15, 0.2) is 0 Å². The Hall–Kier alpha value is -1.10. The average molecular weight is 282 g/mol. The van der Waals surface area contributed by atoms with Crippen LogP contribution in [0.15, 0.2) is 0 Å². The molecule has 1 N–H and O–H groups in total. The second-order valence-corrected chi connectivity index (χ2v) is 6.28. The van der Waals surface area contributed by atoms with E-state index in [1.165, 1.54) is 0 Å². The molecule has 0 saturated carbocycles. The smallest absolute Gasteiger partial charge is 0.245 e. The van der Waals surface area contributed by atoms with Crippen LogP contribution in [-0.2, 0) is 14.3 Å². The van der Waals surface area contributed by atoms with Gasteiger partial charge in [0.05, 0.1) is 0 Å². The summed E-state index contributed by atoms with van der Waals surface area (Å²) in [6.45, 7) is 8.10. The third-order valence-corrected chi connectivity index (χ3v) is 4.85. The number of rotatable bonds is 3. The zero-order valence-corrected chi connectivity index (χ0v) is 12.8. The van der Waals surface area contributed by atoms with Crippen LogP contribution in [0.25, 0.3) is 0 Å². The monoisotopic (exact) mass is 282 g/mol. The van der Waals surface area contributed by atoms with Gasteiger partial charge in [0, 0.05) is 31.7 Å². The minimum Gasteiger partial charge on any atom is -0.381 e. The quantitative estimate of drug-likeness (QED) is 0.849. The van der Waals surface area contributed by atoms with Crippen molar-refractivity contribution in [2.45, 2.75) is 58.0 Å². The van der Waals surface area contributed by atoms with Crippen molar-refractivity contribution < 1.29 is 14.3 Å². The number of nitrogens with zero attached hydrogens (tertiary/aromatic N) is 1. The standard InChI is InChI=1S/C15H26N2O3/c1-4-11(2)13-14(19)17(8-5-12(18)16-13)15(3)6-9-20-10-7-15/h11,13H,4-10H2,1-3H3,(H,16,18). The van der Waals surface area contributed by atoms with Crippen molar-refractivity contribution in [2.75, 3.05) is 19.8 Å². The lowest BCUT2D eigenvalue weighted by molar-refractivity contribution is -0.143. The maximum absolute atomic E-state index is 12.9. The molecule has 0 bridgehead atoms. The van der Waals surface area contributed by atoms with Gasteiger partial charge in [0.25, 0.3) is 0 Å². The van der Waals surface area contributed by atoms with E-state index in [2.05, 4.69) is 19.2 Å². The van der Waals surface area contributed by atoms with Crippen molar-refractivity contribution in [3.05, 3.63) is 0 Å². The first-order valence-electron chi connectivity index (χ1n) is 7.66. The van der Waals surface area contributed by atoms with Gasteiger partial charge in [-0.1, -0.05) is 20.3 Å². The van der Waals surface area contributed by atoms with E-state index in [9.17, 15) is 9.59 Å². The molecular weight excluding hydrogens is 256 g/mol. The molecule has 2 amide bonds. The van der Waals surface area contributed by atoms with Crippen LogP contribution in [0.3, 0.4) is 0 Å². The topological polar surface area (TPSA) is 58.6 Å². The number of carbonyl (C=O) groups is 2. The zero-order chi connectivity index (χ0) is 14.8. The first-order valence-corrected chi connectivity index (χ1v) is 7.66. The van der Waals surface area contributed by atoms with Gasteiger partial charge in [-0.05, 0) is 25.7 Å². The van der Waals surface area contributed by atoms with Crippen LogP contribution in [0.5, 0.6) is 0 Å². The fourth-order valence-corrected chi connectivity index (χ4v) is 3.04. The zero-order valence-electron chi connectivity index (χ0n) is 12.8. The van der Waals surface area contributed by atoms with Crippen molar-refractivity contribution in [1.82, 2.24) is 10.2 Å². The van der Waals surface area contributed by atoms with Crippen LogP contribution in [0.4, 0.5) is 0 Å². The average Bonchev–Trinajstić information content (AvgIpc) is 2.58. The molecule has 2 heterocycles. The molecular formula is C15H26N2O3. The molecule has 2 saturated heterocycles. The summed E-state index contributed by atoms with van der Waals surface area (Å²) in [5.74, 6) is 0.229. The van der Waals surface area contributed by atoms with Gasteiger partial charge in [-0.2, -0.15) is 0 Å². The lowest BCUT2D eigenvalue weighted by Crippen LogP contribution is -2.57. The van der Waals surface area contributed by atoms with Gasteiger partial charge >= 0.3 is 0 Å². The summed E-state index contributed by atoms with van der Waals surface area (Å²) in [7, 11) is 0. The van der Waals surface area contributed by atoms with Gasteiger partial charge in [0.2, 0.25) is 11.8 Å². The molecule has 20 heavy (non-hydrogen) atoms. The molecule has 0 aromatic heterocycles. The van der Waals surface area contributed by atoms with E-state index in [4.69, 9.17) is 4.74 Å². The number of carbonyl (C=O) groups excluding carboxylic acids is 2. The Morgan fingerprint density at radius 1 is 1.40 bits per heavy atom. The Balaban J connectivity index is 2.22. The van der Waals surface area contributed by atoms with E-state index >= 15 is 0 Å². The molecule has 2 unspecified atom stereocenters. The molecule has 0 aromatic carbocycles. The molecule has 2 aliphatic rings. The van der Waals surface area contributed by atoms with E-state index in [1.54, 1.807) is 0 Å². The Bertz CT molecular complexity index is 377. The molecule has 0 aliphatic carbocycles. The largest absolute Gasteiger partial charge is 0.381 e. The van der Waals surface area contributed by atoms with Crippen LogP contribution in [0.2, 0.25) is 0 Å². The summed E-state index contributed by atoms with van der Waals surface area (Å²) in [6.07, 6.45) is 2.97. The highest BCUT2D eigenvalue weighted by molar-refractivity contribution is 5.90. The first kappa shape index (κ1) is 15.3. The molecule has 114 valence electrons. The Morgan fingerprint density at radius 3 is 2.65 bits per heavy atom. The Kier molecular flexibility index (Phi) is 4.68. The summed E-state index contributed by atoms with van der Waals surface area (Å²) in [6, 6.07) is -0.380. The van der Waals surface area contributed by atoms with Gasteiger partial charge in [-0.3, -0.25) is 9.59 Å². The highest BCUT2D eigenvalue weighted by Crippen LogP contribution is 2.30. The van der Waals surface area contributed by atoms with Crippen molar-refractivity contribution in [3.63, 3.8) is 0 Å². The van der Waals surface area contributed by atoms with Crippen molar-refractivity contribution in [3.8, 4) is 0 Å². The maximum Gasteiger partial charge on any atom is 0.245 e. The van der Waals surface area contributed by atoms with E-state index in [0.717, 1.165) is 19.3 Å². The molecule has 2 aliphatic heterocycles. The summed E-state index contributed by atoms with van der Waals surface area (Å²) in [4.78, 5) is 26.7. The molecule has 0 spiro atoms. The van der Waals surface area contributed by atoms with Crippen molar-refractivity contribution >= 4 is 11.8 Å². The van der Waals surface area contributed by atoms with E-state index in [1.807, 2.05) is 11.8 Å². The summed E-state index contributed by atoms with van der Waals surface area (Å²) in [5, 5.41) is 2.90. The predicted octanol–water partition coefficient (Wildman–Crippen LogP) is 1.32. The normalized spacial score (nSPS) is 28.8. The lowest BCUT2D eigenvalue weighted by Gasteiger charge is -2.44. The molecule has 2 rings (SSSR count). The second-order valence-electron chi connectivity index (χ2n) is 6.28. The van der Waals surface area contributed by atoms with E-state index in [-0.39, 0.29) is 29.3 Å². The first-order chi connectivity index (χ1) is 9.48. The van der Waals surface area contributed by atoms with Crippen LogP contribution in [-0.4, -0.2) is 48.1 Å². The second kappa shape index (κ2) is 6.12. The molecule has 0 radical (unpaired) electrons. The van der Waals surface area contributed by atoms with Gasteiger partial charge in [-0.25, -0.2) is 0 Å². The molecule has 5 heteroatoms. The molecule has 2 fully saturated rings. The van der Waals surface area contributed by atoms with Crippen molar-refractivity contribution in [2.24, 2.45) is 5.92 Å². The number of nitrogens with one attached hydrogen (secondary N) is 1. The third-order valence-electron chi connectivity index (χ3n) is 4.85. The van der Waals surface area contributed by atoms with Crippen LogP contribution >= 0.6 is 0 Å². The molecule has 0 aromatic rings. The fraction of sp³-hybridized carbons (Fsp3) is 0.867. The number of hydrogen-bond acceptors (Lipinski definition) is 3. The molecule has 5 nitrogen and oxygen atoms in total. The van der Waals surface area contributed by atoms with Gasteiger partial charge in [0.1, 0.15) is 6.04 Å². The Morgan fingerprint density at radius 2 is 2.05 bits per heavy atom. The summed E-state index contributed by atoms with van der Waals surface area (Å²) < 4.78 is 5.42. The van der Waals surface area contributed by atoms with Crippen molar-refractivity contribution in [1.29, 1.82) is 0 Å².